The Morgan fingerprint density at radius 3 is 2.09 bits per heavy atom. The third kappa shape index (κ3) is 4.44. The summed E-state index contributed by atoms with van der Waals surface area (Å²) < 4.78 is 5.01. The van der Waals surface area contributed by atoms with Gasteiger partial charge in [0.25, 0.3) is 5.91 Å². The summed E-state index contributed by atoms with van der Waals surface area (Å²) in [5.74, 6) is -1.98. The highest BCUT2D eigenvalue weighted by Gasteiger charge is 2.23. The van der Waals surface area contributed by atoms with E-state index in [0.717, 1.165) is 27.1 Å². The summed E-state index contributed by atoms with van der Waals surface area (Å²) in [7, 11) is 0. The molecule has 160 valence electrons. The summed E-state index contributed by atoms with van der Waals surface area (Å²) in [5.41, 5.74) is 1.07. The maximum absolute atomic E-state index is 12.8. The molecule has 0 spiro atoms. The Hall–Kier alpha value is -4.19. The number of benzene rings is 4. The van der Waals surface area contributed by atoms with Gasteiger partial charge in [-0.3, -0.25) is 9.59 Å². The molecule has 0 fully saturated rings. The molecular formula is C26H21NO5. The molecule has 0 aliphatic carbocycles. The molecular weight excluding hydrogens is 406 g/mol. The maximum Gasteiger partial charge on any atom is 0.326 e. The normalized spacial score (nSPS) is 11.8. The fourth-order valence-electron chi connectivity index (χ4n) is 3.84. The first kappa shape index (κ1) is 21.1. The van der Waals surface area contributed by atoms with Crippen LogP contribution >= 0.6 is 0 Å². The van der Waals surface area contributed by atoms with E-state index < -0.39 is 23.9 Å². The predicted molar refractivity (Wildman–Crippen MR) is 122 cm³/mol. The fraction of sp³-hybridized carbons (Fsp3) is 0.115. The van der Waals surface area contributed by atoms with Gasteiger partial charge in [-0.1, -0.05) is 54.6 Å². The lowest BCUT2D eigenvalue weighted by molar-refractivity contribution is -0.139. The lowest BCUT2D eigenvalue weighted by atomic mass is 9.92. The zero-order valence-corrected chi connectivity index (χ0v) is 17.4. The Morgan fingerprint density at radius 2 is 1.50 bits per heavy atom. The highest BCUT2D eigenvalue weighted by atomic mass is 16.5. The zero-order valence-electron chi connectivity index (χ0n) is 17.4. The van der Waals surface area contributed by atoms with E-state index in [4.69, 9.17) is 4.74 Å². The van der Waals surface area contributed by atoms with Crippen LogP contribution in [0.3, 0.4) is 0 Å². The highest BCUT2D eigenvalue weighted by molar-refractivity contribution is 6.03. The smallest absolute Gasteiger partial charge is 0.326 e. The molecule has 1 amide bonds. The van der Waals surface area contributed by atoms with Crippen LogP contribution in [0, 0.1) is 0 Å². The molecule has 0 aliphatic heterocycles. The number of hydrogen-bond donors (Lipinski definition) is 2. The van der Waals surface area contributed by atoms with E-state index in [1.54, 1.807) is 12.1 Å². The molecule has 0 aliphatic rings. The number of carbonyl (C=O) groups is 3. The van der Waals surface area contributed by atoms with Gasteiger partial charge >= 0.3 is 11.9 Å². The van der Waals surface area contributed by atoms with E-state index in [0.29, 0.717) is 0 Å². The van der Waals surface area contributed by atoms with Crippen LogP contribution in [0.15, 0.2) is 78.9 Å². The number of ether oxygens (including phenoxy) is 1. The van der Waals surface area contributed by atoms with Gasteiger partial charge in [-0.15, -0.1) is 0 Å². The Balaban J connectivity index is 1.68. The van der Waals surface area contributed by atoms with E-state index in [1.165, 1.54) is 19.1 Å². The number of carboxylic acid groups (broad SMARTS) is 1. The molecule has 6 nitrogen and oxygen atoms in total. The van der Waals surface area contributed by atoms with E-state index in [9.17, 15) is 19.5 Å². The first-order valence-electron chi connectivity index (χ1n) is 10.1. The summed E-state index contributed by atoms with van der Waals surface area (Å²) in [6.07, 6.45) is 0.118. The number of nitrogens with one attached hydrogen (secondary N) is 1. The Kier molecular flexibility index (Phi) is 5.85. The van der Waals surface area contributed by atoms with Crippen molar-refractivity contribution < 1.29 is 24.2 Å². The van der Waals surface area contributed by atoms with Gasteiger partial charge in [0.15, 0.2) is 0 Å². The molecule has 0 saturated heterocycles. The monoisotopic (exact) mass is 427 g/mol. The van der Waals surface area contributed by atoms with Gasteiger partial charge in [-0.05, 0) is 51.4 Å². The van der Waals surface area contributed by atoms with Gasteiger partial charge in [0.2, 0.25) is 0 Å². The van der Waals surface area contributed by atoms with E-state index in [-0.39, 0.29) is 17.7 Å². The topological polar surface area (TPSA) is 92.7 Å². The number of esters is 1. The molecule has 0 unspecified atom stereocenters. The van der Waals surface area contributed by atoms with Crippen molar-refractivity contribution in [2.75, 3.05) is 0 Å². The molecule has 4 rings (SSSR count). The molecule has 4 aromatic rings. The van der Waals surface area contributed by atoms with Gasteiger partial charge in [-0.25, -0.2) is 4.79 Å². The number of amides is 1. The third-order valence-electron chi connectivity index (χ3n) is 5.25. The molecule has 1 atom stereocenters. The molecule has 0 bridgehead atoms. The second-order valence-corrected chi connectivity index (χ2v) is 7.49. The predicted octanol–water partition coefficient (Wildman–Crippen LogP) is 4.34. The Morgan fingerprint density at radius 1 is 0.875 bits per heavy atom. The molecule has 0 heterocycles. The largest absolute Gasteiger partial charge is 0.480 e. The Bertz CT molecular complexity index is 1290. The van der Waals surface area contributed by atoms with Gasteiger partial charge in [-0.2, -0.15) is 0 Å². The summed E-state index contributed by atoms with van der Waals surface area (Å²) in [6, 6.07) is 22.6. The van der Waals surface area contributed by atoms with Crippen LogP contribution in [0.2, 0.25) is 0 Å². The van der Waals surface area contributed by atoms with Crippen LogP contribution in [0.1, 0.15) is 22.8 Å². The molecule has 0 saturated carbocycles. The molecule has 4 aromatic carbocycles. The van der Waals surface area contributed by atoms with Crippen LogP contribution < -0.4 is 10.1 Å². The second-order valence-electron chi connectivity index (χ2n) is 7.49. The van der Waals surface area contributed by atoms with Crippen molar-refractivity contribution >= 4 is 39.4 Å². The number of carbonyl (C=O) groups excluding carboxylic acids is 2. The van der Waals surface area contributed by atoms with E-state index in [1.807, 2.05) is 48.5 Å². The van der Waals surface area contributed by atoms with Crippen molar-refractivity contribution in [2.45, 2.75) is 19.4 Å². The third-order valence-corrected chi connectivity index (χ3v) is 5.25. The second kappa shape index (κ2) is 8.89. The number of hydrogen-bond acceptors (Lipinski definition) is 4. The van der Waals surface area contributed by atoms with E-state index in [2.05, 4.69) is 11.4 Å². The van der Waals surface area contributed by atoms with Crippen molar-refractivity contribution in [3.63, 3.8) is 0 Å². The number of aliphatic carboxylic acids is 1. The van der Waals surface area contributed by atoms with Crippen molar-refractivity contribution in [3.8, 4) is 5.75 Å². The standard InChI is InChI=1S/C26H21NO5/c1-16(28)32-20-10-6-9-19(14-20)25(29)27-24(26(30)31)15-23-21-11-4-2-7-17(21)13-18-8-3-5-12-22(18)23/h2-14,24H,15H2,1H3,(H,27,29)(H,30,31)/t24-/m0/s1. The fourth-order valence-corrected chi connectivity index (χ4v) is 3.84. The maximum atomic E-state index is 12.8. The van der Waals surface area contributed by atoms with Gasteiger partial charge in [0.05, 0.1) is 0 Å². The van der Waals surface area contributed by atoms with Gasteiger partial charge < -0.3 is 15.2 Å². The summed E-state index contributed by atoms with van der Waals surface area (Å²) in [4.78, 5) is 36.0. The Labute approximate surface area is 184 Å². The first-order valence-corrected chi connectivity index (χ1v) is 10.1. The minimum Gasteiger partial charge on any atom is -0.480 e. The number of carboxylic acids is 1. The average Bonchev–Trinajstić information content (AvgIpc) is 2.77. The molecule has 6 heteroatoms. The number of rotatable bonds is 6. The lowest BCUT2D eigenvalue weighted by Gasteiger charge is -2.18. The van der Waals surface area contributed by atoms with Crippen LogP contribution in [0.25, 0.3) is 21.5 Å². The average molecular weight is 427 g/mol. The summed E-state index contributed by atoms with van der Waals surface area (Å²) in [5, 5.41) is 16.4. The van der Waals surface area contributed by atoms with Crippen molar-refractivity contribution in [3.05, 3.63) is 90.0 Å². The molecule has 32 heavy (non-hydrogen) atoms. The van der Waals surface area contributed by atoms with Gasteiger partial charge in [0.1, 0.15) is 11.8 Å². The van der Waals surface area contributed by atoms with Crippen LogP contribution in [-0.2, 0) is 16.0 Å². The van der Waals surface area contributed by atoms with Crippen LogP contribution in [0.4, 0.5) is 0 Å². The van der Waals surface area contributed by atoms with Crippen LogP contribution in [0.5, 0.6) is 5.75 Å². The lowest BCUT2D eigenvalue weighted by Crippen LogP contribution is -2.42. The van der Waals surface area contributed by atoms with Gasteiger partial charge in [0, 0.05) is 18.9 Å². The quantitative estimate of drug-likeness (QED) is 0.271. The molecule has 2 N–H and O–H groups in total. The molecule has 0 aromatic heterocycles. The van der Waals surface area contributed by atoms with Crippen LogP contribution in [-0.4, -0.2) is 29.0 Å². The summed E-state index contributed by atoms with van der Waals surface area (Å²) >= 11 is 0. The van der Waals surface area contributed by atoms with Crippen molar-refractivity contribution in [1.29, 1.82) is 0 Å². The summed E-state index contributed by atoms with van der Waals surface area (Å²) in [6.45, 7) is 1.27. The zero-order chi connectivity index (χ0) is 22.7. The van der Waals surface area contributed by atoms with E-state index >= 15 is 0 Å². The van der Waals surface area contributed by atoms with Crippen molar-refractivity contribution in [1.82, 2.24) is 5.32 Å². The minimum absolute atomic E-state index is 0.118. The SMILES string of the molecule is CC(=O)Oc1cccc(C(=O)N[C@@H](Cc2c3ccccc3cc3ccccc23)C(=O)O)c1. The number of fused-ring (bicyclic) bond motifs is 2. The minimum atomic E-state index is -1.14. The first-order chi connectivity index (χ1) is 15.4. The molecule has 0 radical (unpaired) electrons. The van der Waals surface area contributed by atoms with Crippen molar-refractivity contribution in [2.24, 2.45) is 0 Å². The highest BCUT2D eigenvalue weighted by Crippen LogP contribution is 2.29.